The van der Waals surface area contributed by atoms with Crippen LogP contribution in [-0.2, 0) is 9.59 Å². The summed E-state index contributed by atoms with van der Waals surface area (Å²) >= 11 is 3.47. The molecule has 1 amide bonds. The Morgan fingerprint density at radius 1 is 1.24 bits per heavy atom. The maximum absolute atomic E-state index is 13.0. The number of hydrazine groups is 1. The molecule has 0 heterocycles. The van der Waals surface area contributed by atoms with Crippen molar-refractivity contribution >= 4 is 39.0 Å². The minimum Gasteiger partial charge on any atom is -0.299 e. The second-order valence-electron chi connectivity index (χ2n) is 7.54. The number of alkyl halides is 1. The van der Waals surface area contributed by atoms with Gasteiger partial charge in [0.2, 0.25) is 5.91 Å². The second-order valence-corrected chi connectivity index (χ2v) is 8.45. The van der Waals surface area contributed by atoms with E-state index in [9.17, 15) is 19.7 Å². The number of Topliss-reactive ketones (excluding diaryl/α,β-unsaturated/α-hetero) is 1. The highest BCUT2D eigenvalue weighted by molar-refractivity contribution is 9.10. The molecule has 7 nitrogen and oxygen atoms in total. The van der Waals surface area contributed by atoms with Crippen molar-refractivity contribution in [3.8, 4) is 0 Å². The van der Waals surface area contributed by atoms with E-state index in [1.54, 1.807) is 0 Å². The van der Waals surface area contributed by atoms with Gasteiger partial charge in [0.25, 0.3) is 5.69 Å². The molecule has 2 aliphatic rings. The van der Waals surface area contributed by atoms with Gasteiger partial charge in [0, 0.05) is 17.5 Å². The Bertz CT molecular complexity index is 764. The lowest BCUT2D eigenvalue weighted by Gasteiger charge is -2.39. The van der Waals surface area contributed by atoms with Gasteiger partial charge in [-0.1, -0.05) is 36.7 Å². The molecule has 2 bridgehead atoms. The maximum atomic E-state index is 13.0. The molecule has 134 valence electrons. The zero-order valence-electron chi connectivity index (χ0n) is 14.3. The van der Waals surface area contributed by atoms with E-state index in [0.29, 0.717) is 18.5 Å². The Hall–Kier alpha value is -1.96. The predicted octanol–water partition coefficient (Wildman–Crippen LogP) is 3.20. The Kier molecular flexibility index (Phi) is 3.94. The number of ketones is 1. The number of nitro groups is 1. The van der Waals surface area contributed by atoms with Crippen LogP contribution in [0.1, 0.15) is 33.6 Å². The first kappa shape index (κ1) is 17.8. The first-order valence-electron chi connectivity index (χ1n) is 8.07. The van der Waals surface area contributed by atoms with Gasteiger partial charge in [-0.2, -0.15) is 0 Å². The third-order valence-corrected chi connectivity index (χ3v) is 7.72. The van der Waals surface area contributed by atoms with Crippen molar-refractivity contribution in [1.82, 2.24) is 5.43 Å². The molecule has 3 unspecified atom stereocenters. The number of carbonyl (C=O) groups excluding carboxylic acids is 2. The molecule has 1 aromatic rings. The number of carbonyl (C=O) groups is 2. The van der Waals surface area contributed by atoms with E-state index < -0.39 is 26.0 Å². The van der Waals surface area contributed by atoms with Crippen molar-refractivity contribution in [2.45, 2.75) is 38.4 Å². The van der Waals surface area contributed by atoms with Crippen LogP contribution in [0.3, 0.4) is 0 Å². The molecule has 8 heteroatoms. The van der Waals surface area contributed by atoms with Crippen LogP contribution in [0.5, 0.6) is 0 Å². The Balaban J connectivity index is 1.79. The van der Waals surface area contributed by atoms with Gasteiger partial charge >= 0.3 is 0 Å². The average molecular weight is 410 g/mol. The molecule has 3 atom stereocenters. The third-order valence-electron chi connectivity index (χ3n) is 6.52. The van der Waals surface area contributed by atoms with Crippen molar-refractivity contribution in [3.63, 3.8) is 0 Å². The predicted molar refractivity (Wildman–Crippen MR) is 96.1 cm³/mol. The monoisotopic (exact) mass is 409 g/mol. The molecule has 2 saturated carbocycles. The van der Waals surface area contributed by atoms with Gasteiger partial charge in [-0.05, 0) is 30.4 Å². The van der Waals surface area contributed by atoms with E-state index in [0.717, 1.165) is 0 Å². The third kappa shape index (κ3) is 2.16. The number of rotatable bonds is 4. The van der Waals surface area contributed by atoms with E-state index in [2.05, 4.69) is 26.8 Å². The van der Waals surface area contributed by atoms with E-state index in [1.807, 2.05) is 20.8 Å². The molecule has 0 aromatic heterocycles. The van der Waals surface area contributed by atoms with E-state index >= 15 is 0 Å². The van der Waals surface area contributed by atoms with Gasteiger partial charge < -0.3 is 0 Å². The summed E-state index contributed by atoms with van der Waals surface area (Å²) in [7, 11) is 0. The van der Waals surface area contributed by atoms with Crippen LogP contribution in [0.15, 0.2) is 24.3 Å². The molecule has 25 heavy (non-hydrogen) atoms. The number of hydrogen-bond acceptors (Lipinski definition) is 5. The van der Waals surface area contributed by atoms with Crippen LogP contribution in [0.2, 0.25) is 0 Å². The maximum Gasteiger partial charge on any atom is 0.269 e. The van der Waals surface area contributed by atoms with Gasteiger partial charge in [0.15, 0.2) is 5.78 Å². The lowest BCUT2D eigenvalue weighted by molar-refractivity contribution is -0.384. The normalized spacial score (nSPS) is 32.5. The number of nitrogens with one attached hydrogen (secondary N) is 2. The van der Waals surface area contributed by atoms with Crippen LogP contribution >= 0.6 is 15.9 Å². The fourth-order valence-electron chi connectivity index (χ4n) is 4.36. The quantitative estimate of drug-likeness (QED) is 0.451. The number of benzene rings is 1. The molecule has 0 saturated heterocycles. The first-order chi connectivity index (χ1) is 11.6. The van der Waals surface area contributed by atoms with E-state index in [1.165, 1.54) is 24.3 Å². The summed E-state index contributed by atoms with van der Waals surface area (Å²) in [6, 6.07) is 5.75. The van der Waals surface area contributed by atoms with Gasteiger partial charge in [0.1, 0.15) is 0 Å². The van der Waals surface area contributed by atoms with Crippen LogP contribution in [0, 0.1) is 26.4 Å². The standard InChI is InChI=1S/C17H20BrN3O4/c1-15(2)16(3)8-9-17(15,12(18)13(16)22)14(23)20-19-10-4-6-11(7-5-10)21(24)25/h4-7,12,19H,8-9H2,1-3H3,(H,20,23). The molecular weight excluding hydrogens is 390 g/mol. The molecular formula is C17H20BrN3O4. The van der Waals surface area contributed by atoms with Gasteiger partial charge in [-0.3, -0.25) is 30.6 Å². The Labute approximate surface area is 153 Å². The average Bonchev–Trinajstić information content (AvgIpc) is 2.85. The number of hydrogen-bond donors (Lipinski definition) is 2. The molecule has 2 fully saturated rings. The first-order valence-corrected chi connectivity index (χ1v) is 8.99. The summed E-state index contributed by atoms with van der Waals surface area (Å²) in [5.74, 6) is -0.165. The zero-order chi connectivity index (χ0) is 18.6. The highest BCUT2D eigenvalue weighted by Crippen LogP contribution is 2.72. The topological polar surface area (TPSA) is 101 Å². The van der Waals surface area contributed by atoms with Crippen LogP contribution in [0.25, 0.3) is 0 Å². The molecule has 0 aliphatic heterocycles. The van der Waals surface area contributed by atoms with Crippen LogP contribution in [0.4, 0.5) is 11.4 Å². The van der Waals surface area contributed by atoms with Crippen molar-refractivity contribution < 1.29 is 14.5 Å². The van der Waals surface area contributed by atoms with Crippen molar-refractivity contribution in [3.05, 3.63) is 34.4 Å². The van der Waals surface area contributed by atoms with Gasteiger partial charge in [0.05, 0.1) is 20.9 Å². The number of nitrogens with zero attached hydrogens (tertiary/aromatic N) is 1. The van der Waals surface area contributed by atoms with E-state index in [-0.39, 0.29) is 17.4 Å². The summed E-state index contributed by atoms with van der Waals surface area (Å²) in [5, 5.41) is 10.7. The fourth-order valence-corrected chi connectivity index (χ4v) is 5.88. The summed E-state index contributed by atoms with van der Waals surface area (Å²) in [6.07, 6.45) is 1.32. The van der Waals surface area contributed by atoms with Gasteiger partial charge in [-0.25, -0.2) is 0 Å². The van der Waals surface area contributed by atoms with E-state index in [4.69, 9.17) is 0 Å². The number of nitro benzene ring substituents is 1. The van der Waals surface area contributed by atoms with Crippen LogP contribution in [-0.4, -0.2) is 21.4 Å². The Morgan fingerprint density at radius 3 is 2.32 bits per heavy atom. The number of anilines is 1. The van der Waals surface area contributed by atoms with Crippen LogP contribution < -0.4 is 10.9 Å². The fraction of sp³-hybridized carbons (Fsp3) is 0.529. The molecule has 1 aromatic carbocycles. The number of amides is 1. The van der Waals surface area contributed by atoms with Gasteiger partial charge in [-0.15, -0.1) is 0 Å². The molecule has 2 aliphatic carbocycles. The molecule has 3 rings (SSSR count). The summed E-state index contributed by atoms with van der Waals surface area (Å²) < 4.78 is 0. The zero-order valence-corrected chi connectivity index (χ0v) is 15.8. The Morgan fingerprint density at radius 2 is 1.84 bits per heavy atom. The van der Waals surface area contributed by atoms with Crippen molar-refractivity contribution in [1.29, 1.82) is 0 Å². The minimum atomic E-state index is -0.827. The summed E-state index contributed by atoms with van der Waals surface area (Å²) in [4.78, 5) is 35.4. The minimum absolute atomic E-state index is 0.0231. The molecule has 0 spiro atoms. The highest BCUT2D eigenvalue weighted by atomic mass is 79.9. The molecule has 0 radical (unpaired) electrons. The van der Waals surface area contributed by atoms with Crippen molar-refractivity contribution in [2.75, 3.05) is 5.43 Å². The second kappa shape index (κ2) is 5.52. The van der Waals surface area contributed by atoms with Crippen molar-refractivity contribution in [2.24, 2.45) is 16.2 Å². The summed E-state index contributed by atoms with van der Waals surface area (Å²) in [5.41, 5.74) is 4.17. The number of non-ortho nitro benzene ring substituents is 1. The lowest BCUT2D eigenvalue weighted by atomic mass is 9.64. The SMILES string of the molecule is CC12CCC(C(=O)NNc3ccc([N+](=O)[O-])cc3)(C(Br)C1=O)C2(C)C. The number of halogens is 1. The number of fused-ring (bicyclic) bond motifs is 2. The lowest BCUT2D eigenvalue weighted by Crippen LogP contribution is -2.52. The molecule has 2 N–H and O–H groups in total. The largest absolute Gasteiger partial charge is 0.299 e. The summed E-state index contributed by atoms with van der Waals surface area (Å²) in [6.45, 7) is 5.89. The highest BCUT2D eigenvalue weighted by Gasteiger charge is 2.76. The smallest absolute Gasteiger partial charge is 0.269 e.